The molecule has 1 atom stereocenters. The summed E-state index contributed by atoms with van der Waals surface area (Å²) in [7, 11) is 0. The Kier molecular flexibility index (Phi) is 5.16. The van der Waals surface area contributed by atoms with Crippen molar-refractivity contribution >= 4 is 11.0 Å². The molecule has 1 unspecified atom stereocenters. The first-order valence-electron chi connectivity index (χ1n) is 7.00. The van der Waals surface area contributed by atoms with Gasteiger partial charge in [0.2, 0.25) is 0 Å². The lowest BCUT2D eigenvalue weighted by Gasteiger charge is -2.11. The van der Waals surface area contributed by atoms with Gasteiger partial charge in [-0.25, -0.2) is 4.98 Å². The van der Waals surface area contributed by atoms with Gasteiger partial charge < -0.3 is 9.67 Å². The Morgan fingerprint density at radius 3 is 2.95 bits per heavy atom. The fourth-order valence-corrected chi connectivity index (χ4v) is 2.32. The van der Waals surface area contributed by atoms with Crippen LogP contribution >= 0.6 is 0 Å². The van der Waals surface area contributed by atoms with Crippen LogP contribution in [0.25, 0.3) is 11.0 Å². The maximum atomic E-state index is 10.1. The lowest BCUT2D eigenvalue weighted by Crippen LogP contribution is -2.15. The minimum atomic E-state index is -0.290. The highest BCUT2D eigenvalue weighted by Crippen LogP contribution is 2.14. The Labute approximate surface area is 114 Å². The summed E-state index contributed by atoms with van der Waals surface area (Å²) in [4.78, 5) is 4.33. The van der Waals surface area contributed by atoms with Crippen LogP contribution in [0.4, 0.5) is 0 Å². The van der Waals surface area contributed by atoms with Gasteiger partial charge in [-0.3, -0.25) is 0 Å². The standard InChI is InChI=1S/C16H22N2O/c1-2-3-4-5-6-9-14(19)12-18-13-17-15-10-7-8-11-16(15)18/h2,7-8,10-11,13-14,19H,1,3-6,9,12H2. The van der Waals surface area contributed by atoms with E-state index in [1.54, 1.807) is 0 Å². The van der Waals surface area contributed by atoms with Crippen molar-refractivity contribution in [3.8, 4) is 0 Å². The van der Waals surface area contributed by atoms with Gasteiger partial charge in [0.05, 0.1) is 30.0 Å². The van der Waals surface area contributed by atoms with Crippen LogP contribution < -0.4 is 0 Å². The summed E-state index contributed by atoms with van der Waals surface area (Å²) in [6.07, 6.45) is 8.80. The van der Waals surface area contributed by atoms with Crippen molar-refractivity contribution < 1.29 is 5.11 Å². The van der Waals surface area contributed by atoms with Crippen molar-refractivity contribution in [3.05, 3.63) is 43.2 Å². The second-order valence-electron chi connectivity index (χ2n) is 4.97. The quantitative estimate of drug-likeness (QED) is 0.581. The normalized spacial score (nSPS) is 12.7. The summed E-state index contributed by atoms with van der Waals surface area (Å²) in [6, 6.07) is 8.02. The van der Waals surface area contributed by atoms with Crippen LogP contribution in [0.2, 0.25) is 0 Å². The number of hydrogen-bond donors (Lipinski definition) is 1. The first kappa shape index (κ1) is 13.8. The van der Waals surface area contributed by atoms with E-state index in [4.69, 9.17) is 0 Å². The van der Waals surface area contributed by atoms with Crippen LogP contribution in [0.1, 0.15) is 32.1 Å². The van der Waals surface area contributed by atoms with Gasteiger partial charge in [-0.2, -0.15) is 0 Å². The van der Waals surface area contributed by atoms with Crippen LogP contribution in [0.3, 0.4) is 0 Å². The summed E-state index contributed by atoms with van der Waals surface area (Å²) in [5, 5.41) is 10.1. The van der Waals surface area contributed by atoms with E-state index < -0.39 is 0 Å². The molecule has 2 aromatic rings. The van der Waals surface area contributed by atoms with Gasteiger partial charge in [0.15, 0.2) is 0 Å². The van der Waals surface area contributed by atoms with Gasteiger partial charge in [-0.1, -0.05) is 31.1 Å². The van der Waals surface area contributed by atoms with E-state index in [1.807, 2.05) is 41.2 Å². The zero-order valence-electron chi connectivity index (χ0n) is 11.3. The van der Waals surface area contributed by atoms with Crippen molar-refractivity contribution in [1.82, 2.24) is 9.55 Å². The van der Waals surface area contributed by atoms with Gasteiger partial charge in [0, 0.05) is 0 Å². The molecule has 0 fully saturated rings. The zero-order valence-corrected chi connectivity index (χ0v) is 11.3. The molecule has 0 aliphatic rings. The third-order valence-corrected chi connectivity index (χ3v) is 3.38. The molecule has 0 saturated heterocycles. The number of nitrogens with zero attached hydrogens (tertiary/aromatic N) is 2. The lowest BCUT2D eigenvalue weighted by molar-refractivity contribution is 0.142. The molecule has 3 nitrogen and oxygen atoms in total. The summed E-state index contributed by atoms with van der Waals surface area (Å²) in [5.41, 5.74) is 2.08. The highest BCUT2D eigenvalue weighted by molar-refractivity contribution is 5.74. The summed E-state index contributed by atoms with van der Waals surface area (Å²) >= 11 is 0. The van der Waals surface area contributed by atoms with Gasteiger partial charge in [-0.15, -0.1) is 6.58 Å². The van der Waals surface area contributed by atoms with Crippen molar-refractivity contribution in [2.75, 3.05) is 0 Å². The minimum Gasteiger partial charge on any atom is -0.391 e. The molecule has 1 aromatic carbocycles. The van der Waals surface area contributed by atoms with Crippen LogP contribution in [-0.4, -0.2) is 20.8 Å². The SMILES string of the molecule is C=CCCCCCC(O)Cn1cnc2ccccc21. The van der Waals surface area contributed by atoms with Crippen molar-refractivity contribution in [3.63, 3.8) is 0 Å². The zero-order chi connectivity index (χ0) is 13.5. The molecule has 0 amide bonds. The fraction of sp³-hybridized carbons (Fsp3) is 0.438. The smallest absolute Gasteiger partial charge is 0.0959 e. The number of aromatic nitrogens is 2. The number of para-hydroxylation sites is 2. The largest absolute Gasteiger partial charge is 0.391 e. The molecule has 19 heavy (non-hydrogen) atoms. The number of imidazole rings is 1. The molecular weight excluding hydrogens is 236 g/mol. The van der Waals surface area contributed by atoms with Crippen LogP contribution in [0, 0.1) is 0 Å². The third-order valence-electron chi connectivity index (χ3n) is 3.38. The second-order valence-corrected chi connectivity index (χ2v) is 4.97. The Bertz CT molecular complexity index is 518. The number of benzene rings is 1. The third kappa shape index (κ3) is 3.93. The topological polar surface area (TPSA) is 38.0 Å². The number of fused-ring (bicyclic) bond motifs is 1. The molecule has 1 N–H and O–H groups in total. The lowest BCUT2D eigenvalue weighted by atomic mass is 10.1. The van der Waals surface area contributed by atoms with Crippen molar-refractivity contribution in [1.29, 1.82) is 0 Å². The summed E-state index contributed by atoms with van der Waals surface area (Å²) in [5.74, 6) is 0. The predicted octanol–water partition coefficient (Wildman–Crippen LogP) is 3.53. The summed E-state index contributed by atoms with van der Waals surface area (Å²) < 4.78 is 2.03. The number of unbranched alkanes of at least 4 members (excludes halogenated alkanes) is 3. The highest BCUT2D eigenvalue weighted by Gasteiger charge is 2.07. The first-order chi connectivity index (χ1) is 9.31. The Morgan fingerprint density at radius 1 is 1.26 bits per heavy atom. The molecule has 0 saturated carbocycles. The number of allylic oxidation sites excluding steroid dienone is 1. The number of hydrogen-bond acceptors (Lipinski definition) is 2. The average Bonchev–Trinajstić information content (AvgIpc) is 2.82. The molecule has 0 aliphatic carbocycles. The van der Waals surface area contributed by atoms with Gasteiger partial charge >= 0.3 is 0 Å². The minimum absolute atomic E-state index is 0.290. The summed E-state index contributed by atoms with van der Waals surface area (Å²) in [6.45, 7) is 4.34. The molecule has 0 radical (unpaired) electrons. The number of rotatable bonds is 8. The molecule has 0 aliphatic heterocycles. The van der Waals surface area contributed by atoms with Gasteiger partial charge in [-0.05, 0) is 31.4 Å². The van der Waals surface area contributed by atoms with Crippen LogP contribution in [0.5, 0.6) is 0 Å². The van der Waals surface area contributed by atoms with Gasteiger partial charge in [0.1, 0.15) is 0 Å². The molecule has 0 bridgehead atoms. The Hall–Kier alpha value is -1.61. The van der Waals surface area contributed by atoms with E-state index in [0.29, 0.717) is 6.54 Å². The van der Waals surface area contributed by atoms with Crippen LogP contribution in [-0.2, 0) is 6.54 Å². The molecule has 2 rings (SSSR count). The van der Waals surface area contributed by atoms with E-state index in [-0.39, 0.29) is 6.10 Å². The maximum absolute atomic E-state index is 10.1. The molecule has 1 aromatic heterocycles. The van der Waals surface area contributed by atoms with E-state index in [0.717, 1.165) is 36.7 Å². The predicted molar refractivity (Wildman–Crippen MR) is 79.0 cm³/mol. The van der Waals surface area contributed by atoms with Crippen LogP contribution in [0.15, 0.2) is 43.2 Å². The van der Waals surface area contributed by atoms with Gasteiger partial charge in [0.25, 0.3) is 0 Å². The molecule has 102 valence electrons. The number of aliphatic hydroxyl groups is 1. The average molecular weight is 258 g/mol. The molecular formula is C16H22N2O. The second kappa shape index (κ2) is 7.10. The van der Waals surface area contributed by atoms with E-state index in [2.05, 4.69) is 11.6 Å². The highest BCUT2D eigenvalue weighted by atomic mass is 16.3. The maximum Gasteiger partial charge on any atom is 0.0959 e. The van der Waals surface area contributed by atoms with E-state index in [1.165, 1.54) is 6.42 Å². The molecule has 0 spiro atoms. The monoisotopic (exact) mass is 258 g/mol. The Morgan fingerprint density at radius 2 is 2.11 bits per heavy atom. The molecule has 1 heterocycles. The fourth-order valence-electron chi connectivity index (χ4n) is 2.32. The first-order valence-corrected chi connectivity index (χ1v) is 7.00. The number of aliphatic hydroxyl groups excluding tert-OH is 1. The van der Waals surface area contributed by atoms with E-state index in [9.17, 15) is 5.11 Å². The van der Waals surface area contributed by atoms with Crippen molar-refractivity contribution in [2.24, 2.45) is 0 Å². The Balaban J connectivity index is 1.81. The molecule has 3 heteroatoms. The van der Waals surface area contributed by atoms with Crippen molar-refractivity contribution in [2.45, 2.75) is 44.8 Å². The van der Waals surface area contributed by atoms with E-state index >= 15 is 0 Å².